The number of carbonyl (C=O) groups is 1. The molecule has 28 heavy (non-hydrogen) atoms. The van der Waals surface area contributed by atoms with Crippen molar-refractivity contribution in [3.8, 4) is 0 Å². The molecule has 0 aliphatic carbocycles. The summed E-state index contributed by atoms with van der Waals surface area (Å²) in [4.78, 5) is 30.9. The number of nitrogens with one attached hydrogen (secondary N) is 1. The van der Waals surface area contributed by atoms with Gasteiger partial charge in [0.05, 0.1) is 23.0 Å². The first-order chi connectivity index (χ1) is 13.5. The Hall–Kier alpha value is -2.54. The van der Waals surface area contributed by atoms with Crippen molar-refractivity contribution in [2.45, 2.75) is 58.2 Å². The van der Waals surface area contributed by atoms with E-state index in [4.69, 9.17) is 0 Å². The van der Waals surface area contributed by atoms with E-state index < -0.39 is 0 Å². The third-order valence-electron chi connectivity index (χ3n) is 6.33. The van der Waals surface area contributed by atoms with Gasteiger partial charge >= 0.3 is 0 Å². The molecule has 2 aliphatic heterocycles. The molecule has 2 bridgehead atoms. The first-order valence-electron chi connectivity index (χ1n) is 9.75. The number of aromatic nitrogens is 3. The second-order valence-electron chi connectivity index (χ2n) is 7.87. The smallest absolute Gasteiger partial charge is 0.253 e. The Kier molecular flexibility index (Phi) is 4.08. The number of anilines is 1. The zero-order valence-electron chi connectivity index (χ0n) is 16.3. The normalized spacial score (nSPS) is 23.5. The van der Waals surface area contributed by atoms with Crippen LogP contribution in [0.15, 0.2) is 24.8 Å². The minimum atomic E-state index is -0.0292. The molecule has 5 heterocycles. The highest BCUT2D eigenvalue weighted by Crippen LogP contribution is 2.44. The summed E-state index contributed by atoms with van der Waals surface area (Å²) in [6, 6.07) is 2.71. The highest BCUT2D eigenvalue weighted by atomic mass is 32.1. The van der Waals surface area contributed by atoms with Crippen LogP contribution in [0.3, 0.4) is 0 Å². The van der Waals surface area contributed by atoms with Crippen LogP contribution in [0.5, 0.6) is 0 Å². The fourth-order valence-corrected chi connectivity index (χ4v) is 5.77. The molecule has 3 aromatic heterocycles. The van der Waals surface area contributed by atoms with Crippen LogP contribution in [0.2, 0.25) is 0 Å². The van der Waals surface area contributed by atoms with Crippen molar-refractivity contribution < 1.29 is 4.79 Å². The zero-order valence-corrected chi connectivity index (χ0v) is 17.1. The number of hydrogen-bond donors (Lipinski definition) is 1. The van der Waals surface area contributed by atoms with E-state index in [1.807, 2.05) is 13.0 Å². The second kappa shape index (κ2) is 6.51. The van der Waals surface area contributed by atoms with Gasteiger partial charge in [0.1, 0.15) is 17.0 Å². The molecule has 0 saturated carbocycles. The minimum Gasteiger partial charge on any atom is -0.348 e. The van der Waals surface area contributed by atoms with E-state index >= 15 is 0 Å². The minimum absolute atomic E-state index is 0.0292. The quantitative estimate of drug-likeness (QED) is 0.737. The lowest BCUT2D eigenvalue weighted by Gasteiger charge is -2.26. The number of pyridine rings is 1. The summed E-state index contributed by atoms with van der Waals surface area (Å²) < 4.78 is 0. The predicted octanol–water partition coefficient (Wildman–Crippen LogP) is 3.55. The monoisotopic (exact) mass is 393 g/mol. The fraction of sp³-hybridized carbons (Fsp3) is 0.429. The van der Waals surface area contributed by atoms with Gasteiger partial charge in [-0.3, -0.25) is 9.78 Å². The molecule has 1 amide bonds. The summed E-state index contributed by atoms with van der Waals surface area (Å²) in [5, 5.41) is 4.45. The molecular formula is C21H23N5OS. The second-order valence-corrected chi connectivity index (χ2v) is 9.08. The van der Waals surface area contributed by atoms with Gasteiger partial charge in [0.25, 0.3) is 5.91 Å². The summed E-state index contributed by atoms with van der Waals surface area (Å²) in [7, 11) is 0. The summed E-state index contributed by atoms with van der Waals surface area (Å²) >= 11 is 1.73. The number of amides is 1. The van der Waals surface area contributed by atoms with Crippen molar-refractivity contribution in [2.75, 3.05) is 4.90 Å². The van der Waals surface area contributed by atoms with Gasteiger partial charge in [0, 0.05) is 23.3 Å². The van der Waals surface area contributed by atoms with Gasteiger partial charge in [0.2, 0.25) is 0 Å². The van der Waals surface area contributed by atoms with Gasteiger partial charge in [-0.25, -0.2) is 9.97 Å². The van der Waals surface area contributed by atoms with Crippen LogP contribution in [0.25, 0.3) is 10.2 Å². The molecule has 6 nitrogen and oxygen atoms in total. The number of rotatable bonds is 3. The van der Waals surface area contributed by atoms with Crippen LogP contribution in [0.1, 0.15) is 45.6 Å². The maximum atomic E-state index is 12.8. The van der Waals surface area contributed by atoms with Crippen LogP contribution in [-0.2, 0) is 0 Å². The molecule has 7 heteroatoms. The van der Waals surface area contributed by atoms with E-state index in [1.54, 1.807) is 30.1 Å². The van der Waals surface area contributed by atoms with Crippen molar-refractivity contribution >= 4 is 33.3 Å². The summed E-state index contributed by atoms with van der Waals surface area (Å²) in [6.45, 7) is 6.25. The number of carbonyl (C=O) groups excluding carboxylic acids is 1. The number of hydrogen-bond acceptors (Lipinski definition) is 6. The van der Waals surface area contributed by atoms with Gasteiger partial charge in [-0.05, 0) is 57.2 Å². The number of nitrogens with zero attached hydrogens (tertiary/aromatic N) is 4. The molecule has 0 aromatic carbocycles. The van der Waals surface area contributed by atoms with E-state index in [2.05, 4.69) is 39.0 Å². The van der Waals surface area contributed by atoms with E-state index in [0.717, 1.165) is 35.5 Å². The van der Waals surface area contributed by atoms with Crippen molar-refractivity contribution in [1.29, 1.82) is 0 Å². The van der Waals surface area contributed by atoms with Gasteiger partial charge < -0.3 is 10.2 Å². The SMILES string of the molecule is Cc1ccncc1C(=O)N[C@H]1C[C@H]2CC[C@@H]1N2c1ncnc2sc(C)c(C)c12. The Morgan fingerprint density at radius 3 is 2.93 bits per heavy atom. The molecule has 3 aromatic rings. The average molecular weight is 394 g/mol. The number of aryl methyl sites for hydroxylation is 3. The Morgan fingerprint density at radius 2 is 2.11 bits per heavy atom. The molecule has 1 N–H and O–H groups in total. The number of fused-ring (bicyclic) bond motifs is 3. The molecule has 0 radical (unpaired) electrons. The Balaban J connectivity index is 1.45. The van der Waals surface area contributed by atoms with E-state index in [1.165, 1.54) is 15.8 Å². The van der Waals surface area contributed by atoms with E-state index in [9.17, 15) is 4.79 Å². The Labute approximate surface area is 168 Å². The fourth-order valence-electron chi connectivity index (χ4n) is 4.78. The maximum absolute atomic E-state index is 12.8. The third kappa shape index (κ3) is 2.60. The van der Waals surface area contributed by atoms with Crippen molar-refractivity contribution in [3.05, 3.63) is 46.4 Å². The summed E-state index contributed by atoms with van der Waals surface area (Å²) in [6.07, 6.45) is 8.24. The van der Waals surface area contributed by atoms with Gasteiger partial charge in [0.15, 0.2) is 0 Å². The molecule has 5 rings (SSSR count). The van der Waals surface area contributed by atoms with E-state index in [-0.39, 0.29) is 18.0 Å². The van der Waals surface area contributed by atoms with Crippen molar-refractivity contribution in [2.24, 2.45) is 0 Å². The molecule has 144 valence electrons. The van der Waals surface area contributed by atoms with Gasteiger partial charge in [-0.1, -0.05) is 0 Å². The molecular weight excluding hydrogens is 370 g/mol. The molecule has 0 spiro atoms. The van der Waals surface area contributed by atoms with Crippen LogP contribution < -0.4 is 10.2 Å². The molecule has 2 aliphatic rings. The maximum Gasteiger partial charge on any atom is 0.253 e. The summed E-state index contributed by atoms with van der Waals surface area (Å²) in [5.41, 5.74) is 2.88. The molecule has 2 saturated heterocycles. The van der Waals surface area contributed by atoms with Crippen LogP contribution in [0, 0.1) is 20.8 Å². The Morgan fingerprint density at radius 1 is 1.25 bits per heavy atom. The zero-order chi connectivity index (χ0) is 19.4. The number of thiophene rings is 1. The lowest BCUT2D eigenvalue weighted by molar-refractivity contribution is 0.0930. The third-order valence-corrected chi connectivity index (χ3v) is 7.44. The van der Waals surface area contributed by atoms with E-state index in [0.29, 0.717) is 11.6 Å². The average Bonchev–Trinajstić information content (AvgIpc) is 3.33. The van der Waals surface area contributed by atoms with Crippen LogP contribution in [-0.4, -0.2) is 39.0 Å². The highest BCUT2D eigenvalue weighted by Gasteiger charge is 2.48. The summed E-state index contributed by atoms with van der Waals surface area (Å²) in [5.74, 6) is 1.01. The largest absolute Gasteiger partial charge is 0.348 e. The van der Waals surface area contributed by atoms with Gasteiger partial charge in [-0.15, -0.1) is 11.3 Å². The molecule has 3 atom stereocenters. The van der Waals surface area contributed by atoms with Crippen LogP contribution in [0.4, 0.5) is 5.82 Å². The lowest BCUT2D eigenvalue weighted by Crippen LogP contribution is -2.44. The molecule has 2 fully saturated rings. The van der Waals surface area contributed by atoms with Crippen molar-refractivity contribution in [1.82, 2.24) is 20.3 Å². The first-order valence-corrected chi connectivity index (χ1v) is 10.6. The molecule has 0 unspecified atom stereocenters. The van der Waals surface area contributed by atoms with Crippen LogP contribution >= 0.6 is 11.3 Å². The highest BCUT2D eigenvalue weighted by molar-refractivity contribution is 7.18. The lowest BCUT2D eigenvalue weighted by atomic mass is 9.95. The Bertz CT molecular complexity index is 1080. The standard InChI is InChI=1S/C21H23N5OS/c1-11-6-7-22-9-15(11)20(27)25-16-8-14-4-5-17(16)26(14)19-18-12(2)13(3)28-21(18)24-10-23-19/h6-7,9-10,14,16-17H,4-5,8H2,1-3H3,(H,25,27)/t14-,16+,17+/m1/s1. The van der Waals surface area contributed by atoms with Crippen molar-refractivity contribution in [3.63, 3.8) is 0 Å². The predicted molar refractivity (Wildman–Crippen MR) is 111 cm³/mol. The topological polar surface area (TPSA) is 71.0 Å². The van der Waals surface area contributed by atoms with Gasteiger partial charge in [-0.2, -0.15) is 0 Å². The first kappa shape index (κ1) is 17.6.